The van der Waals surface area contributed by atoms with E-state index in [4.69, 9.17) is 4.74 Å². The second-order valence-corrected chi connectivity index (χ2v) is 6.97. The summed E-state index contributed by atoms with van der Waals surface area (Å²) >= 11 is 0. The van der Waals surface area contributed by atoms with Crippen molar-refractivity contribution in [3.05, 3.63) is 54.1 Å². The maximum atomic E-state index is 12.9. The summed E-state index contributed by atoms with van der Waals surface area (Å²) in [6.45, 7) is 5.05. The molecule has 1 aliphatic rings. The van der Waals surface area contributed by atoms with Gasteiger partial charge in [0.25, 0.3) is 6.43 Å². The molecule has 9 heteroatoms. The van der Waals surface area contributed by atoms with Gasteiger partial charge in [-0.25, -0.2) is 18.7 Å². The van der Waals surface area contributed by atoms with E-state index in [1.165, 1.54) is 12.3 Å². The van der Waals surface area contributed by atoms with Crippen molar-refractivity contribution in [2.45, 2.75) is 26.0 Å². The lowest BCUT2D eigenvalue weighted by molar-refractivity contribution is 0.0161. The number of anilines is 2. The third-order valence-corrected chi connectivity index (χ3v) is 4.60. The average molecular weight is 400 g/mol. The molecule has 3 heterocycles. The largest absolute Gasteiger partial charge is 0.374 e. The van der Waals surface area contributed by atoms with Crippen LogP contribution in [0.1, 0.15) is 17.7 Å². The highest BCUT2D eigenvalue weighted by Gasteiger charge is 2.15. The number of nitrogens with zero attached hydrogens (tertiary/aromatic N) is 4. The van der Waals surface area contributed by atoms with Gasteiger partial charge in [0.1, 0.15) is 5.69 Å². The Morgan fingerprint density at radius 2 is 2.21 bits per heavy atom. The maximum absolute atomic E-state index is 12.9. The molecule has 0 spiro atoms. The molecule has 2 aromatic heterocycles. The number of ether oxygens (including phenoxy) is 1. The number of morpholine rings is 1. The molecule has 2 N–H and O–H groups in total. The average Bonchev–Trinajstić information content (AvgIpc) is 3.17. The van der Waals surface area contributed by atoms with E-state index in [2.05, 4.69) is 25.7 Å². The number of hydrogen-bond acceptors (Lipinski definition) is 6. The smallest absolute Gasteiger partial charge is 0.280 e. The molecule has 1 aliphatic heterocycles. The Morgan fingerprint density at radius 3 is 3.00 bits per heavy atom. The highest BCUT2D eigenvalue weighted by Crippen LogP contribution is 2.26. The zero-order chi connectivity index (χ0) is 20.2. The van der Waals surface area contributed by atoms with Crippen LogP contribution in [0.25, 0.3) is 11.1 Å². The van der Waals surface area contributed by atoms with Crippen molar-refractivity contribution in [3.63, 3.8) is 0 Å². The van der Waals surface area contributed by atoms with Gasteiger partial charge in [0.05, 0.1) is 25.5 Å². The van der Waals surface area contributed by atoms with Gasteiger partial charge in [-0.3, -0.25) is 4.68 Å². The van der Waals surface area contributed by atoms with Crippen LogP contribution < -0.4 is 10.6 Å². The number of aryl methyl sites for hydroxylation is 1. The summed E-state index contributed by atoms with van der Waals surface area (Å²) in [5.74, 6) is 0.136. The van der Waals surface area contributed by atoms with E-state index in [9.17, 15) is 8.78 Å². The van der Waals surface area contributed by atoms with Crippen LogP contribution in [0, 0.1) is 6.92 Å². The Kier molecular flexibility index (Phi) is 5.77. The van der Waals surface area contributed by atoms with Crippen LogP contribution in [0.3, 0.4) is 0 Å². The fraction of sp³-hybridized carbons (Fsp3) is 0.350. The first-order chi connectivity index (χ1) is 14.1. The molecule has 7 nitrogen and oxygen atoms in total. The highest BCUT2D eigenvalue weighted by atomic mass is 19.3. The highest BCUT2D eigenvalue weighted by molar-refractivity contribution is 5.70. The number of alkyl halides is 2. The summed E-state index contributed by atoms with van der Waals surface area (Å²) in [4.78, 5) is 7.89. The molecule has 0 bridgehead atoms. The van der Waals surface area contributed by atoms with E-state index in [0.717, 1.165) is 35.5 Å². The predicted molar refractivity (Wildman–Crippen MR) is 105 cm³/mol. The fourth-order valence-corrected chi connectivity index (χ4v) is 3.26. The number of rotatable bonds is 6. The van der Waals surface area contributed by atoms with Gasteiger partial charge in [0.15, 0.2) is 0 Å². The molecule has 0 aliphatic carbocycles. The van der Waals surface area contributed by atoms with E-state index in [1.807, 2.05) is 42.2 Å². The van der Waals surface area contributed by atoms with E-state index in [0.29, 0.717) is 13.2 Å². The van der Waals surface area contributed by atoms with Crippen LogP contribution in [0.4, 0.5) is 20.4 Å². The summed E-state index contributed by atoms with van der Waals surface area (Å²) in [5.41, 5.74) is 3.35. The molecule has 0 radical (unpaired) electrons. The first-order valence-electron chi connectivity index (χ1n) is 9.42. The van der Waals surface area contributed by atoms with Crippen molar-refractivity contribution in [2.24, 2.45) is 0 Å². The normalized spacial score (nSPS) is 16.9. The summed E-state index contributed by atoms with van der Waals surface area (Å²) in [6.07, 6.45) is 2.57. The number of hydrogen-bond donors (Lipinski definition) is 2. The maximum Gasteiger partial charge on any atom is 0.280 e. The van der Waals surface area contributed by atoms with Crippen molar-refractivity contribution in [1.82, 2.24) is 25.1 Å². The standard InChI is InChI=1S/C20H22F2N6O/c1-13-6-14(15-9-25-28(11-15)12-17-10-23-4-5-29-17)8-16(7-13)26-20-24-3-2-18(27-20)19(21)22/h2-3,6-9,11,17,19,23H,4-5,10,12H2,1H3,(H,24,26,27)/t17-/m1/s1. The molecule has 1 atom stereocenters. The number of nitrogens with one attached hydrogen (secondary N) is 2. The topological polar surface area (TPSA) is 76.9 Å². The molecule has 0 unspecified atom stereocenters. The lowest BCUT2D eigenvalue weighted by Crippen LogP contribution is -2.40. The second kappa shape index (κ2) is 8.62. The van der Waals surface area contributed by atoms with Gasteiger partial charge < -0.3 is 15.4 Å². The molecule has 3 aromatic rings. The van der Waals surface area contributed by atoms with Crippen molar-refractivity contribution < 1.29 is 13.5 Å². The van der Waals surface area contributed by atoms with Gasteiger partial charge in [-0.15, -0.1) is 0 Å². The summed E-state index contributed by atoms with van der Waals surface area (Å²) in [7, 11) is 0. The van der Waals surface area contributed by atoms with Gasteiger partial charge in [0.2, 0.25) is 5.95 Å². The van der Waals surface area contributed by atoms with E-state index in [-0.39, 0.29) is 17.7 Å². The Hall–Kier alpha value is -2.91. The van der Waals surface area contributed by atoms with Crippen LogP contribution in [0.2, 0.25) is 0 Å². The first-order valence-corrected chi connectivity index (χ1v) is 9.42. The Labute approximate surface area is 167 Å². The SMILES string of the molecule is Cc1cc(Nc2nccc(C(F)F)n2)cc(-c2cnn(C[C@H]3CNCCO3)c2)c1. The predicted octanol–water partition coefficient (Wildman–Crippen LogP) is 3.32. The summed E-state index contributed by atoms with van der Waals surface area (Å²) < 4.78 is 33.3. The minimum absolute atomic E-state index is 0.102. The fourth-order valence-electron chi connectivity index (χ4n) is 3.26. The second-order valence-electron chi connectivity index (χ2n) is 6.97. The summed E-state index contributed by atoms with van der Waals surface area (Å²) in [6, 6.07) is 7.08. The van der Waals surface area contributed by atoms with Crippen LogP contribution in [-0.2, 0) is 11.3 Å². The molecule has 0 amide bonds. The molecule has 1 saturated heterocycles. The monoisotopic (exact) mass is 400 g/mol. The van der Waals surface area contributed by atoms with Crippen molar-refractivity contribution in [2.75, 3.05) is 25.0 Å². The van der Waals surface area contributed by atoms with E-state index in [1.54, 1.807) is 0 Å². The van der Waals surface area contributed by atoms with Crippen molar-refractivity contribution >= 4 is 11.6 Å². The Bertz CT molecular complexity index is 971. The molecule has 1 fully saturated rings. The van der Waals surface area contributed by atoms with E-state index >= 15 is 0 Å². The Morgan fingerprint density at radius 1 is 1.31 bits per heavy atom. The minimum Gasteiger partial charge on any atom is -0.374 e. The van der Waals surface area contributed by atoms with Crippen LogP contribution in [0.5, 0.6) is 0 Å². The number of benzene rings is 1. The third-order valence-electron chi connectivity index (χ3n) is 4.60. The minimum atomic E-state index is -2.64. The van der Waals surface area contributed by atoms with Crippen LogP contribution >= 0.6 is 0 Å². The lowest BCUT2D eigenvalue weighted by atomic mass is 10.1. The van der Waals surface area contributed by atoms with Crippen LogP contribution in [-0.4, -0.2) is 45.5 Å². The van der Waals surface area contributed by atoms with Gasteiger partial charge in [-0.1, -0.05) is 6.07 Å². The van der Waals surface area contributed by atoms with Gasteiger partial charge in [-0.05, 0) is 36.2 Å². The Balaban J connectivity index is 1.52. The molecule has 4 rings (SSSR count). The van der Waals surface area contributed by atoms with Gasteiger partial charge in [-0.2, -0.15) is 5.10 Å². The van der Waals surface area contributed by atoms with Crippen molar-refractivity contribution in [1.29, 1.82) is 0 Å². The molecule has 0 saturated carbocycles. The zero-order valence-corrected chi connectivity index (χ0v) is 16.0. The molecular weight excluding hydrogens is 378 g/mol. The number of aromatic nitrogens is 4. The van der Waals surface area contributed by atoms with Crippen LogP contribution in [0.15, 0.2) is 42.9 Å². The zero-order valence-electron chi connectivity index (χ0n) is 16.0. The van der Waals surface area contributed by atoms with Gasteiger partial charge >= 0.3 is 0 Å². The molecule has 152 valence electrons. The van der Waals surface area contributed by atoms with E-state index < -0.39 is 6.43 Å². The number of halogens is 2. The molecular formula is C20H22F2N6O. The quantitative estimate of drug-likeness (QED) is 0.661. The lowest BCUT2D eigenvalue weighted by Gasteiger charge is -2.23. The third kappa shape index (κ3) is 4.93. The summed E-state index contributed by atoms with van der Waals surface area (Å²) in [5, 5.41) is 10.8. The molecule has 1 aromatic carbocycles. The molecule has 29 heavy (non-hydrogen) atoms. The van der Waals surface area contributed by atoms with Gasteiger partial charge in [0, 0.05) is 36.7 Å². The first kappa shape index (κ1) is 19.4. The van der Waals surface area contributed by atoms with Crippen molar-refractivity contribution in [3.8, 4) is 11.1 Å².